The van der Waals surface area contributed by atoms with E-state index in [2.05, 4.69) is 18.2 Å². The number of hydrogen-bond donors (Lipinski definition) is 0. The van der Waals surface area contributed by atoms with Gasteiger partial charge in [0.2, 0.25) is 0 Å². The predicted molar refractivity (Wildman–Crippen MR) is 55.4 cm³/mol. The second-order valence-electron chi connectivity index (χ2n) is 4.89. The van der Waals surface area contributed by atoms with E-state index >= 15 is 0 Å². The third-order valence-electron chi connectivity index (χ3n) is 4.25. The maximum Gasteiger partial charge on any atom is -0.00141 e. The van der Waals surface area contributed by atoms with E-state index in [4.69, 9.17) is 0 Å². The molecule has 0 aromatic carbocycles. The van der Waals surface area contributed by atoms with Crippen molar-refractivity contribution >= 4 is 0 Å². The molecule has 3 atom stereocenters. The van der Waals surface area contributed by atoms with Crippen LogP contribution in [0.1, 0.15) is 38.5 Å². The van der Waals surface area contributed by atoms with Crippen LogP contribution in [0.3, 0.4) is 0 Å². The first kappa shape index (κ1) is 7.84. The fraction of sp³-hybridized carbons (Fsp3) is 0.692. The second kappa shape index (κ2) is 3.01. The summed E-state index contributed by atoms with van der Waals surface area (Å²) in [6.45, 7) is 0. The van der Waals surface area contributed by atoms with Crippen molar-refractivity contribution in [2.24, 2.45) is 17.8 Å². The molecule has 0 heteroatoms. The van der Waals surface area contributed by atoms with Crippen LogP contribution in [0.15, 0.2) is 23.8 Å². The van der Waals surface area contributed by atoms with Crippen molar-refractivity contribution in [3.8, 4) is 0 Å². The fourth-order valence-corrected chi connectivity index (χ4v) is 3.58. The Bertz CT molecular complexity index is 259. The Labute approximate surface area is 80.7 Å². The van der Waals surface area contributed by atoms with E-state index < -0.39 is 0 Å². The molecule has 3 aliphatic carbocycles. The minimum atomic E-state index is 0.847. The van der Waals surface area contributed by atoms with Gasteiger partial charge >= 0.3 is 0 Å². The summed E-state index contributed by atoms with van der Waals surface area (Å²) < 4.78 is 0. The summed E-state index contributed by atoms with van der Waals surface area (Å²) in [7, 11) is 0. The highest BCUT2D eigenvalue weighted by molar-refractivity contribution is 5.31. The smallest absolute Gasteiger partial charge is 0.00141 e. The monoisotopic (exact) mass is 174 g/mol. The van der Waals surface area contributed by atoms with Crippen molar-refractivity contribution < 1.29 is 0 Å². The van der Waals surface area contributed by atoms with E-state index in [0.717, 1.165) is 17.8 Å². The van der Waals surface area contributed by atoms with Gasteiger partial charge in [-0.25, -0.2) is 0 Å². The van der Waals surface area contributed by atoms with Gasteiger partial charge in [0, 0.05) is 0 Å². The molecule has 0 saturated heterocycles. The fourth-order valence-electron chi connectivity index (χ4n) is 3.58. The molecule has 0 radical (unpaired) electrons. The molecule has 3 rings (SSSR count). The maximum absolute atomic E-state index is 2.42. The predicted octanol–water partition coefficient (Wildman–Crippen LogP) is 3.70. The highest BCUT2D eigenvalue weighted by Crippen LogP contribution is 2.47. The zero-order valence-electron chi connectivity index (χ0n) is 8.21. The first-order valence-corrected chi connectivity index (χ1v) is 5.83. The highest BCUT2D eigenvalue weighted by atomic mass is 14.4. The molecular weight excluding hydrogens is 156 g/mol. The average Bonchev–Trinajstić information content (AvgIpc) is 2.65. The summed E-state index contributed by atoms with van der Waals surface area (Å²) in [4.78, 5) is 0. The minimum Gasteiger partial charge on any atom is -0.0773 e. The quantitative estimate of drug-likeness (QED) is 0.525. The van der Waals surface area contributed by atoms with Crippen LogP contribution >= 0.6 is 0 Å². The molecule has 2 saturated carbocycles. The molecule has 0 heterocycles. The van der Waals surface area contributed by atoms with E-state index in [9.17, 15) is 0 Å². The summed E-state index contributed by atoms with van der Waals surface area (Å²) in [6, 6.07) is 0. The Morgan fingerprint density at radius 1 is 1.00 bits per heavy atom. The molecule has 0 spiro atoms. The van der Waals surface area contributed by atoms with Crippen LogP contribution in [0.4, 0.5) is 0 Å². The van der Waals surface area contributed by atoms with Crippen LogP contribution in [0.5, 0.6) is 0 Å². The molecular formula is C13H18. The SMILES string of the molecule is C1=CC2CCC3CCCCC3C2=C1. The maximum atomic E-state index is 2.42. The molecule has 3 unspecified atom stereocenters. The lowest BCUT2D eigenvalue weighted by Crippen LogP contribution is -2.28. The first-order valence-electron chi connectivity index (χ1n) is 5.83. The van der Waals surface area contributed by atoms with Crippen LogP contribution < -0.4 is 0 Å². The third kappa shape index (κ3) is 1.19. The average molecular weight is 174 g/mol. The summed E-state index contributed by atoms with van der Waals surface area (Å²) in [6.07, 6.45) is 16.0. The van der Waals surface area contributed by atoms with E-state index in [1.54, 1.807) is 5.57 Å². The largest absolute Gasteiger partial charge is 0.0773 e. The van der Waals surface area contributed by atoms with Crippen molar-refractivity contribution in [2.45, 2.75) is 38.5 Å². The Kier molecular flexibility index (Phi) is 1.81. The summed E-state index contributed by atoms with van der Waals surface area (Å²) in [5, 5.41) is 0. The lowest BCUT2D eigenvalue weighted by Gasteiger charge is -2.39. The van der Waals surface area contributed by atoms with Crippen LogP contribution in [0, 0.1) is 17.8 Å². The molecule has 0 aromatic heterocycles. The van der Waals surface area contributed by atoms with E-state index in [-0.39, 0.29) is 0 Å². The van der Waals surface area contributed by atoms with Crippen molar-refractivity contribution in [3.05, 3.63) is 23.8 Å². The minimum absolute atomic E-state index is 0.847. The van der Waals surface area contributed by atoms with Gasteiger partial charge in [-0.15, -0.1) is 0 Å². The van der Waals surface area contributed by atoms with Crippen molar-refractivity contribution in [1.29, 1.82) is 0 Å². The third-order valence-corrected chi connectivity index (χ3v) is 4.25. The lowest BCUT2D eigenvalue weighted by molar-refractivity contribution is 0.207. The number of rotatable bonds is 0. The molecule has 0 aromatic rings. The molecule has 2 fully saturated rings. The van der Waals surface area contributed by atoms with Gasteiger partial charge in [0.25, 0.3) is 0 Å². The standard InChI is InChI=1S/C13H18/c1-2-6-12-10(4-1)8-9-11-5-3-7-13(11)12/h3,5,7,10-12H,1-2,4,6,8-9H2. The molecule has 0 nitrogen and oxygen atoms in total. The molecule has 70 valence electrons. The number of allylic oxidation sites excluding steroid dienone is 4. The van der Waals surface area contributed by atoms with Crippen LogP contribution in [0.2, 0.25) is 0 Å². The number of fused-ring (bicyclic) bond motifs is 3. The van der Waals surface area contributed by atoms with E-state index in [0.29, 0.717) is 0 Å². The Morgan fingerprint density at radius 2 is 1.92 bits per heavy atom. The second-order valence-corrected chi connectivity index (χ2v) is 4.89. The van der Waals surface area contributed by atoms with Gasteiger partial charge in [0.05, 0.1) is 0 Å². The summed E-state index contributed by atoms with van der Waals surface area (Å²) in [5.41, 5.74) is 1.79. The van der Waals surface area contributed by atoms with Crippen LogP contribution in [-0.4, -0.2) is 0 Å². The van der Waals surface area contributed by atoms with Gasteiger partial charge < -0.3 is 0 Å². The van der Waals surface area contributed by atoms with Gasteiger partial charge in [-0.3, -0.25) is 0 Å². The number of hydrogen-bond acceptors (Lipinski definition) is 0. The van der Waals surface area contributed by atoms with E-state index in [1.807, 2.05) is 0 Å². The first-order chi connectivity index (χ1) is 6.45. The van der Waals surface area contributed by atoms with Crippen molar-refractivity contribution in [3.63, 3.8) is 0 Å². The Balaban J connectivity index is 1.86. The molecule has 0 aliphatic heterocycles. The van der Waals surface area contributed by atoms with Crippen LogP contribution in [-0.2, 0) is 0 Å². The van der Waals surface area contributed by atoms with Gasteiger partial charge in [-0.05, 0) is 43.4 Å². The Morgan fingerprint density at radius 3 is 2.92 bits per heavy atom. The van der Waals surface area contributed by atoms with Gasteiger partial charge in [-0.1, -0.05) is 36.6 Å². The summed E-state index contributed by atoms with van der Waals surface area (Å²) in [5.74, 6) is 2.87. The topological polar surface area (TPSA) is 0 Å². The molecule has 0 amide bonds. The molecule has 0 bridgehead atoms. The van der Waals surface area contributed by atoms with Crippen LogP contribution in [0.25, 0.3) is 0 Å². The molecule has 13 heavy (non-hydrogen) atoms. The molecule has 3 aliphatic rings. The Hall–Kier alpha value is -0.520. The van der Waals surface area contributed by atoms with Gasteiger partial charge in [-0.2, -0.15) is 0 Å². The van der Waals surface area contributed by atoms with Gasteiger partial charge in [0.15, 0.2) is 0 Å². The normalized spacial score (nSPS) is 42.5. The van der Waals surface area contributed by atoms with Gasteiger partial charge in [0.1, 0.15) is 0 Å². The zero-order valence-corrected chi connectivity index (χ0v) is 8.21. The van der Waals surface area contributed by atoms with Crippen molar-refractivity contribution in [1.82, 2.24) is 0 Å². The molecule has 0 N–H and O–H groups in total. The zero-order chi connectivity index (χ0) is 8.67. The van der Waals surface area contributed by atoms with E-state index in [1.165, 1.54) is 38.5 Å². The van der Waals surface area contributed by atoms with Crippen molar-refractivity contribution in [2.75, 3.05) is 0 Å². The lowest BCUT2D eigenvalue weighted by atomic mass is 9.65. The highest BCUT2D eigenvalue weighted by Gasteiger charge is 2.35. The summed E-state index contributed by atoms with van der Waals surface area (Å²) >= 11 is 0.